The Hall–Kier alpha value is -2.96. The predicted molar refractivity (Wildman–Crippen MR) is 108 cm³/mol. The van der Waals surface area contributed by atoms with Crippen LogP contribution in [0.4, 0.5) is 18.9 Å². The smallest absolute Gasteiger partial charge is 0.360 e. The minimum atomic E-state index is -4.74. The molecular weight excluding hydrogens is 457 g/mol. The summed E-state index contributed by atoms with van der Waals surface area (Å²) < 4.78 is 48.2. The number of carbonyl (C=O) groups excluding carboxylic acids is 1. The third-order valence-electron chi connectivity index (χ3n) is 4.13. The zero-order valence-electron chi connectivity index (χ0n) is 15.9. The van der Waals surface area contributed by atoms with Gasteiger partial charge in [0.05, 0.1) is 28.7 Å². The van der Waals surface area contributed by atoms with Crippen LogP contribution in [0.1, 0.15) is 23.1 Å². The molecule has 0 atom stereocenters. The van der Waals surface area contributed by atoms with Gasteiger partial charge in [-0.25, -0.2) is 14.2 Å². The van der Waals surface area contributed by atoms with Gasteiger partial charge in [-0.1, -0.05) is 17.7 Å². The van der Waals surface area contributed by atoms with Crippen LogP contribution < -0.4 is 5.32 Å². The van der Waals surface area contributed by atoms with E-state index in [1.54, 1.807) is 17.5 Å². The molecule has 0 bridgehead atoms. The number of hydrogen-bond acceptors (Lipinski definition) is 6. The van der Waals surface area contributed by atoms with Crippen molar-refractivity contribution in [2.45, 2.75) is 19.8 Å². The van der Waals surface area contributed by atoms with E-state index in [1.165, 1.54) is 28.4 Å². The molecule has 0 aliphatic rings. The van der Waals surface area contributed by atoms with Gasteiger partial charge < -0.3 is 10.1 Å². The van der Waals surface area contributed by atoms with Gasteiger partial charge in [0.15, 0.2) is 17.0 Å². The molecule has 13 heteroatoms. The number of nitrogens with zero attached hydrogens (tertiary/aromatic N) is 5. The normalized spacial score (nSPS) is 11.9. The second-order valence-electron chi connectivity index (χ2n) is 6.24. The summed E-state index contributed by atoms with van der Waals surface area (Å²) >= 11 is 7.47. The first kappa shape index (κ1) is 21.3. The maximum absolute atomic E-state index is 13.7. The summed E-state index contributed by atoms with van der Waals surface area (Å²) in [5.41, 5.74) is -1.36. The molecule has 162 valence electrons. The first-order chi connectivity index (χ1) is 14.8. The lowest BCUT2D eigenvalue weighted by Gasteiger charge is -2.10. The quantitative estimate of drug-likeness (QED) is 0.446. The number of amides is 1. The monoisotopic (exact) mass is 470 g/mol. The van der Waals surface area contributed by atoms with E-state index in [2.05, 4.69) is 20.5 Å². The second kappa shape index (κ2) is 8.29. The number of anilines is 1. The van der Waals surface area contributed by atoms with Crippen molar-refractivity contribution >= 4 is 40.2 Å². The molecule has 4 aromatic heterocycles. The first-order valence-electron chi connectivity index (χ1n) is 8.90. The van der Waals surface area contributed by atoms with Crippen molar-refractivity contribution in [3.05, 3.63) is 52.4 Å². The van der Waals surface area contributed by atoms with Crippen molar-refractivity contribution in [3.8, 4) is 10.6 Å². The lowest BCUT2D eigenvalue weighted by Crippen LogP contribution is -2.15. The van der Waals surface area contributed by atoms with E-state index in [-0.39, 0.29) is 28.8 Å². The maximum atomic E-state index is 13.7. The largest absolute Gasteiger partial charge is 0.433 e. The van der Waals surface area contributed by atoms with E-state index >= 15 is 0 Å². The molecule has 0 unspecified atom stereocenters. The van der Waals surface area contributed by atoms with E-state index in [1.807, 2.05) is 6.92 Å². The average Bonchev–Trinajstić information content (AvgIpc) is 3.46. The van der Waals surface area contributed by atoms with E-state index in [9.17, 15) is 18.0 Å². The van der Waals surface area contributed by atoms with Crippen molar-refractivity contribution in [2.24, 2.45) is 0 Å². The molecule has 1 N–H and O–H groups in total. The number of fused-ring (bicyclic) bond motifs is 1. The van der Waals surface area contributed by atoms with E-state index in [0.717, 1.165) is 6.07 Å². The fraction of sp³-hybridized carbons (Fsp3) is 0.222. The number of ether oxygens (including phenoxy) is 1. The molecule has 1 amide bonds. The van der Waals surface area contributed by atoms with Gasteiger partial charge in [0, 0.05) is 6.61 Å². The highest BCUT2D eigenvalue weighted by molar-refractivity contribution is 7.13. The molecule has 4 rings (SSSR count). The third kappa shape index (κ3) is 4.27. The molecule has 0 aliphatic carbocycles. The Labute approximate surface area is 182 Å². The third-order valence-corrected chi connectivity index (χ3v) is 5.37. The van der Waals surface area contributed by atoms with Crippen molar-refractivity contribution in [3.63, 3.8) is 0 Å². The number of carbonyl (C=O) groups is 1. The number of hydrogen-bond donors (Lipinski definition) is 1. The predicted octanol–water partition coefficient (Wildman–Crippen LogP) is 4.57. The van der Waals surface area contributed by atoms with Gasteiger partial charge in [0.1, 0.15) is 11.8 Å². The molecule has 31 heavy (non-hydrogen) atoms. The number of aromatic nitrogens is 5. The fourth-order valence-electron chi connectivity index (χ4n) is 2.76. The molecule has 0 aliphatic heterocycles. The van der Waals surface area contributed by atoms with Gasteiger partial charge in [-0.2, -0.15) is 23.4 Å². The molecule has 0 fully saturated rings. The van der Waals surface area contributed by atoms with Crippen LogP contribution in [0.3, 0.4) is 0 Å². The van der Waals surface area contributed by atoms with E-state index in [4.69, 9.17) is 16.3 Å². The zero-order chi connectivity index (χ0) is 22.2. The molecule has 0 spiro atoms. The van der Waals surface area contributed by atoms with Crippen LogP contribution >= 0.6 is 22.9 Å². The van der Waals surface area contributed by atoms with Crippen LogP contribution in [-0.4, -0.2) is 36.9 Å². The topological polar surface area (TPSA) is 86.3 Å². The number of halogens is 4. The Morgan fingerprint density at radius 3 is 2.87 bits per heavy atom. The van der Waals surface area contributed by atoms with Gasteiger partial charge in [0.2, 0.25) is 0 Å². The summed E-state index contributed by atoms with van der Waals surface area (Å²) in [7, 11) is 0. The number of alkyl halides is 3. The van der Waals surface area contributed by atoms with Gasteiger partial charge in [0.25, 0.3) is 5.91 Å². The Kier molecular flexibility index (Phi) is 5.69. The summed E-state index contributed by atoms with van der Waals surface area (Å²) in [6, 6.07) is 4.21. The van der Waals surface area contributed by atoms with E-state index < -0.39 is 17.8 Å². The van der Waals surface area contributed by atoms with Gasteiger partial charge >= 0.3 is 6.18 Å². The second-order valence-corrected chi connectivity index (χ2v) is 7.57. The summed E-state index contributed by atoms with van der Waals surface area (Å²) in [5.74, 6) is -0.794. The highest BCUT2D eigenvalue weighted by Crippen LogP contribution is 2.35. The van der Waals surface area contributed by atoms with Crippen molar-refractivity contribution < 1.29 is 22.7 Å². The molecule has 0 radical (unpaired) electrons. The number of nitrogens with one attached hydrogen (secondary N) is 1. The Morgan fingerprint density at radius 1 is 1.39 bits per heavy atom. The first-order valence-corrected chi connectivity index (χ1v) is 10.2. The number of rotatable bonds is 6. The molecular formula is C18H14ClF3N6O2S. The summed E-state index contributed by atoms with van der Waals surface area (Å²) in [4.78, 5) is 17.4. The van der Waals surface area contributed by atoms with Crippen LogP contribution in [0.2, 0.25) is 5.02 Å². The van der Waals surface area contributed by atoms with Crippen LogP contribution in [0.15, 0.2) is 36.0 Å². The standard InChI is InChI=1S/C18H14ClF3N6O2S/c1-2-30-9-27-8-10(7-23-27)24-17(29)15-14(19)16-25-11(12-4-3-5-31-12)6-13(18(20,21)22)28(16)26-15/h3-8H,2,9H2,1H3,(H,24,29). The highest BCUT2D eigenvalue weighted by Gasteiger charge is 2.36. The Balaban J connectivity index is 1.72. The minimum absolute atomic E-state index is 0.0841. The fourth-order valence-corrected chi connectivity index (χ4v) is 3.70. The Morgan fingerprint density at radius 2 is 2.19 bits per heavy atom. The molecule has 4 heterocycles. The Bertz CT molecular complexity index is 1240. The lowest BCUT2D eigenvalue weighted by atomic mass is 10.2. The SMILES string of the molecule is CCOCn1cc(NC(=O)c2nn3c(C(F)(F)F)cc(-c4cccs4)nc3c2Cl)cn1. The maximum Gasteiger partial charge on any atom is 0.433 e. The minimum Gasteiger partial charge on any atom is -0.360 e. The van der Waals surface area contributed by atoms with Gasteiger partial charge in [-0.05, 0) is 24.4 Å². The summed E-state index contributed by atoms with van der Waals surface area (Å²) in [5, 5.41) is 11.7. The summed E-state index contributed by atoms with van der Waals surface area (Å²) in [6.45, 7) is 2.50. The molecule has 0 saturated heterocycles. The molecule has 4 aromatic rings. The highest BCUT2D eigenvalue weighted by atomic mass is 35.5. The molecule has 0 aromatic carbocycles. The van der Waals surface area contributed by atoms with Gasteiger partial charge in [-0.15, -0.1) is 11.3 Å². The summed E-state index contributed by atoms with van der Waals surface area (Å²) in [6.07, 6.45) is -1.86. The van der Waals surface area contributed by atoms with Crippen molar-refractivity contribution in [1.82, 2.24) is 24.4 Å². The van der Waals surface area contributed by atoms with Crippen LogP contribution in [-0.2, 0) is 17.6 Å². The van der Waals surface area contributed by atoms with Crippen molar-refractivity contribution in [1.29, 1.82) is 0 Å². The molecule has 0 saturated carbocycles. The van der Waals surface area contributed by atoms with Crippen LogP contribution in [0.5, 0.6) is 0 Å². The van der Waals surface area contributed by atoms with Gasteiger partial charge in [-0.3, -0.25) is 4.79 Å². The number of thiophene rings is 1. The zero-order valence-corrected chi connectivity index (χ0v) is 17.4. The van der Waals surface area contributed by atoms with E-state index in [0.29, 0.717) is 21.7 Å². The molecule has 8 nitrogen and oxygen atoms in total. The van der Waals surface area contributed by atoms with Crippen molar-refractivity contribution in [2.75, 3.05) is 11.9 Å². The lowest BCUT2D eigenvalue weighted by molar-refractivity contribution is -0.142. The average molecular weight is 471 g/mol. The van der Waals surface area contributed by atoms with Crippen LogP contribution in [0.25, 0.3) is 16.2 Å². The van der Waals surface area contributed by atoms with Crippen LogP contribution in [0, 0.1) is 0 Å².